The highest BCUT2D eigenvalue weighted by Gasteiger charge is 2.14. The van der Waals surface area contributed by atoms with Gasteiger partial charge in [0.15, 0.2) is 6.61 Å². The Balaban J connectivity index is 1.64. The van der Waals surface area contributed by atoms with Crippen LogP contribution in [0, 0.1) is 6.92 Å². The van der Waals surface area contributed by atoms with Gasteiger partial charge in [-0.3, -0.25) is 4.79 Å². The Morgan fingerprint density at radius 1 is 1.07 bits per heavy atom. The first-order chi connectivity index (χ1) is 13.0. The molecule has 0 saturated heterocycles. The number of amides is 1. The smallest absolute Gasteiger partial charge is 0.348 e. The lowest BCUT2D eigenvalue weighted by Crippen LogP contribution is -2.32. The molecule has 27 heavy (non-hydrogen) atoms. The molecule has 1 heterocycles. The average molecular weight is 391 g/mol. The Morgan fingerprint density at radius 2 is 1.74 bits per heavy atom. The number of nitrogens with one attached hydrogen (secondary N) is 1. The first-order valence-corrected chi connectivity index (χ1v) is 9.73. The minimum atomic E-state index is -0.469. The average Bonchev–Trinajstić information content (AvgIpc) is 3.05. The highest BCUT2D eigenvalue weighted by Crippen LogP contribution is 2.22. The predicted molar refractivity (Wildman–Crippen MR) is 105 cm³/mol. The van der Waals surface area contributed by atoms with Crippen LogP contribution in [0.2, 0.25) is 0 Å². The van der Waals surface area contributed by atoms with Gasteiger partial charge in [-0.2, -0.15) is 0 Å². The standard InChI is InChI=1S/C20H25NO5S/c1-4-15-12-18(27-14(15)3)20(23)26-13-19(22)21-10-11-25-17-8-6-16(7-9-17)24-5-2/h6-9,12H,4-5,10-11,13H2,1-3H3,(H,21,22). The summed E-state index contributed by atoms with van der Waals surface area (Å²) in [4.78, 5) is 25.4. The second kappa shape index (κ2) is 10.6. The van der Waals surface area contributed by atoms with E-state index in [9.17, 15) is 9.59 Å². The third-order valence-corrected chi connectivity index (χ3v) is 4.84. The van der Waals surface area contributed by atoms with Crippen molar-refractivity contribution in [3.63, 3.8) is 0 Å². The largest absolute Gasteiger partial charge is 0.494 e. The van der Waals surface area contributed by atoms with Gasteiger partial charge in [-0.15, -0.1) is 11.3 Å². The fourth-order valence-corrected chi connectivity index (χ4v) is 3.39. The third-order valence-electron chi connectivity index (χ3n) is 3.76. The van der Waals surface area contributed by atoms with Crippen LogP contribution in [0.1, 0.15) is 34.0 Å². The Morgan fingerprint density at radius 3 is 2.33 bits per heavy atom. The van der Waals surface area contributed by atoms with Crippen LogP contribution in [-0.4, -0.2) is 38.2 Å². The molecule has 0 aliphatic rings. The molecule has 2 rings (SSSR count). The molecule has 1 aromatic carbocycles. The fraction of sp³-hybridized carbons (Fsp3) is 0.400. The van der Waals surface area contributed by atoms with Crippen molar-refractivity contribution in [1.29, 1.82) is 0 Å². The van der Waals surface area contributed by atoms with Gasteiger partial charge >= 0.3 is 5.97 Å². The quantitative estimate of drug-likeness (QED) is 0.497. The minimum Gasteiger partial charge on any atom is -0.494 e. The van der Waals surface area contributed by atoms with Gasteiger partial charge in [-0.25, -0.2) is 4.79 Å². The lowest BCUT2D eigenvalue weighted by atomic mass is 10.2. The molecule has 1 amide bonds. The van der Waals surface area contributed by atoms with Crippen LogP contribution >= 0.6 is 11.3 Å². The van der Waals surface area contributed by atoms with E-state index in [4.69, 9.17) is 14.2 Å². The zero-order valence-corrected chi connectivity index (χ0v) is 16.7. The van der Waals surface area contributed by atoms with Gasteiger partial charge in [0.2, 0.25) is 0 Å². The molecule has 0 unspecified atom stereocenters. The summed E-state index contributed by atoms with van der Waals surface area (Å²) < 4.78 is 16.0. The molecule has 7 heteroatoms. The Hall–Kier alpha value is -2.54. The highest BCUT2D eigenvalue weighted by atomic mass is 32.1. The van der Waals surface area contributed by atoms with Crippen LogP contribution in [0.15, 0.2) is 30.3 Å². The monoisotopic (exact) mass is 391 g/mol. The molecule has 2 aromatic rings. The normalized spacial score (nSPS) is 10.3. The molecule has 1 aromatic heterocycles. The van der Waals surface area contributed by atoms with Gasteiger partial charge in [0, 0.05) is 4.88 Å². The molecule has 0 saturated carbocycles. The molecule has 0 aliphatic heterocycles. The van der Waals surface area contributed by atoms with Crippen molar-refractivity contribution >= 4 is 23.2 Å². The maximum absolute atomic E-state index is 12.0. The first kappa shape index (κ1) is 20.8. The van der Waals surface area contributed by atoms with Crippen molar-refractivity contribution in [2.24, 2.45) is 0 Å². The second-order valence-corrected chi connectivity index (χ2v) is 6.98. The Bertz CT molecular complexity index is 754. The first-order valence-electron chi connectivity index (χ1n) is 8.92. The summed E-state index contributed by atoms with van der Waals surface area (Å²) >= 11 is 1.39. The number of carbonyl (C=O) groups is 2. The van der Waals surface area contributed by atoms with Crippen molar-refractivity contribution in [1.82, 2.24) is 5.32 Å². The molecule has 0 atom stereocenters. The van der Waals surface area contributed by atoms with Gasteiger partial charge in [0.05, 0.1) is 13.2 Å². The third kappa shape index (κ3) is 6.60. The van der Waals surface area contributed by atoms with E-state index in [1.165, 1.54) is 11.3 Å². The molecular weight excluding hydrogens is 366 g/mol. The summed E-state index contributed by atoms with van der Waals surface area (Å²) in [6, 6.07) is 9.09. The topological polar surface area (TPSA) is 73.9 Å². The SMILES string of the molecule is CCOc1ccc(OCCNC(=O)COC(=O)c2cc(CC)c(C)s2)cc1. The van der Waals surface area contributed by atoms with E-state index >= 15 is 0 Å². The lowest BCUT2D eigenvalue weighted by Gasteiger charge is -2.09. The van der Waals surface area contributed by atoms with Gasteiger partial charge in [-0.1, -0.05) is 6.92 Å². The van der Waals surface area contributed by atoms with E-state index in [-0.39, 0.29) is 12.5 Å². The maximum Gasteiger partial charge on any atom is 0.348 e. The second-order valence-electron chi connectivity index (χ2n) is 5.72. The number of esters is 1. The zero-order chi connectivity index (χ0) is 19.6. The number of ether oxygens (including phenoxy) is 3. The summed E-state index contributed by atoms with van der Waals surface area (Å²) in [6.07, 6.45) is 0.866. The summed E-state index contributed by atoms with van der Waals surface area (Å²) in [5.41, 5.74) is 1.13. The summed E-state index contributed by atoms with van der Waals surface area (Å²) in [6.45, 7) is 6.88. The van der Waals surface area contributed by atoms with E-state index < -0.39 is 5.97 Å². The Labute approximate surface area is 163 Å². The van der Waals surface area contributed by atoms with Gasteiger partial charge in [0.25, 0.3) is 5.91 Å². The van der Waals surface area contributed by atoms with Gasteiger partial charge < -0.3 is 19.5 Å². The summed E-state index contributed by atoms with van der Waals surface area (Å²) in [5.74, 6) is 0.650. The summed E-state index contributed by atoms with van der Waals surface area (Å²) in [7, 11) is 0. The van der Waals surface area contributed by atoms with Crippen LogP contribution in [0.3, 0.4) is 0 Å². The van der Waals surface area contributed by atoms with Crippen molar-refractivity contribution < 1.29 is 23.8 Å². The van der Waals surface area contributed by atoms with E-state index in [1.807, 2.05) is 51.1 Å². The summed E-state index contributed by atoms with van der Waals surface area (Å²) in [5, 5.41) is 2.66. The van der Waals surface area contributed by atoms with E-state index in [1.54, 1.807) is 0 Å². The van der Waals surface area contributed by atoms with Crippen molar-refractivity contribution in [2.45, 2.75) is 27.2 Å². The zero-order valence-electron chi connectivity index (χ0n) is 15.9. The number of rotatable bonds is 10. The van der Waals surface area contributed by atoms with E-state index in [0.717, 1.165) is 22.6 Å². The van der Waals surface area contributed by atoms with Gasteiger partial charge in [-0.05, 0) is 56.2 Å². The molecule has 0 fully saturated rings. The highest BCUT2D eigenvalue weighted by molar-refractivity contribution is 7.14. The number of carbonyl (C=O) groups excluding carboxylic acids is 2. The molecule has 0 spiro atoms. The molecule has 0 aliphatic carbocycles. The lowest BCUT2D eigenvalue weighted by molar-refractivity contribution is -0.124. The number of aryl methyl sites for hydroxylation is 2. The molecule has 6 nitrogen and oxygen atoms in total. The van der Waals surface area contributed by atoms with Crippen LogP contribution in [0.25, 0.3) is 0 Å². The van der Waals surface area contributed by atoms with Crippen LogP contribution < -0.4 is 14.8 Å². The molecule has 0 bridgehead atoms. The predicted octanol–water partition coefficient (Wildman–Crippen LogP) is 3.37. The minimum absolute atomic E-state index is 0.305. The van der Waals surface area contributed by atoms with Crippen molar-refractivity contribution in [3.05, 3.63) is 45.6 Å². The fourth-order valence-electron chi connectivity index (χ4n) is 2.38. The number of thiophene rings is 1. The molecular formula is C20H25NO5S. The number of benzene rings is 1. The van der Waals surface area contributed by atoms with Crippen LogP contribution in [0.4, 0.5) is 0 Å². The molecule has 146 valence electrons. The number of hydrogen-bond acceptors (Lipinski definition) is 6. The van der Waals surface area contributed by atoms with E-state index in [2.05, 4.69) is 5.32 Å². The van der Waals surface area contributed by atoms with Crippen LogP contribution in [0.5, 0.6) is 11.5 Å². The number of hydrogen-bond donors (Lipinski definition) is 1. The molecule has 0 radical (unpaired) electrons. The maximum atomic E-state index is 12.0. The van der Waals surface area contributed by atoms with E-state index in [0.29, 0.717) is 30.4 Å². The van der Waals surface area contributed by atoms with Gasteiger partial charge in [0.1, 0.15) is 23.0 Å². The molecule has 1 N–H and O–H groups in total. The van der Waals surface area contributed by atoms with Crippen LogP contribution in [-0.2, 0) is 16.0 Å². The Kier molecular flexibility index (Phi) is 8.13. The van der Waals surface area contributed by atoms with Crippen molar-refractivity contribution in [2.75, 3.05) is 26.4 Å². The van der Waals surface area contributed by atoms with Crippen molar-refractivity contribution in [3.8, 4) is 11.5 Å².